The predicted octanol–water partition coefficient (Wildman–Crippen LogP) is 1.19. The lowest BCUT2D eigenvalue weighted by Gasteiger charge is -2.28. The van der Waals surface area contributed by atoms with Crippen LogP contribution in [0.15, 0.2) is 24.3 Å². The van der Waals surface area contributed by atoms with Gasteiger partial charge < -0.3 is 15.0 Å². The molecule has 2 fully saturated rings. The number of benzene rings is 1. The molecule has 3 atom stereocenters. The monoisotopic (exact) mass is 278 g/mol. The van der Waals surface area contributed by atoms with E-state index in [4.69, 9.17) is 4.74 Å². The lowest BCUT2D eigenvalue weighted by Crippen LogP contribution is -2.36. The van der Waals surface area contributed by atoms with Crippen LogP contribution >= 0.6 is 0 Å². The summed E-state index contributed by atoms with van der Waals surface area (Å²) < 4.78 is 18.5. The van der Waals surface area contributed by atoms with E-state index in [9.17, 15) is 9.18 Å². The molecule has 3 rings (SSSR count). The number of hydrogen-bond acceptors (Lipinski definition) is 3. The van der Waals surface area contributed by atoms with Gasteiger partial charge in [-0.05, 0) is 23.6 Å². The number of nitrogens with zero attached hydrogens (tertiary/aromatic N) is 1. The van der Waals surface area contributed by atoms with Crippen LogP contribution in [-0.2, 0) is 9.53 Å². The Morgan fingerprint density at radius 3 is 3.10 bits per heavy atom. The van der Waals surface area contributed by atoms with E-state index in [-0.39, 0.29) is 24.4 Å². The van der Waals surface area contributed by atoms with Gasteiger partial charge in [-0.25, -0.2) is 4.39 Å². The average Bonchev–Trinajstić information content (AvgIpc) is 2.98. The summed E-state index contributed by atoms with van der Waals surface area (Å²) >= 11 is 0. The topological polar surface area (TPSA) is 41.6 Å². The first-order valence-electron chi connectivity index (χ1n) is 6.95. The van der Waals surface area contributed by atoms with Gasteiger partial charge in [-0.1, -0.05) is 12.1 Å². The van der Waals surface area contributed by atoms with Crippen LogP contribution in [0.4, 0.5) is 4.39 Å². The van der Waals surface area contributed by atoms with Crippen LogP contribution in [0.5, 0.6) is 0 Å². The lowest BCUT2D eigenvalue weighted by atomic mass is 9.89. The Morgan fingerprint density at radius 1 is 1.50 bits per heavy atom. The summed E-state index contributed by atoms with van der Waals surface area (Å²) in [7, 11) is 1.52. The summed E-state index contributed by atoms with van der Waals surface area (Å²) in [6.07, 6.45) is 0. The van der Waals surface area contributed by atoms with Gasteiger partial charge in [-0.15, -0.1) is 0 Å². The summed E-state index contributed by atoms with van der Waals surface area (Å²) in [4.78, 5) is 14.1. The highest BCUT2D eigenvalue weighted by atomic mass is 19.1. The van der Waals surface area contributed by atoms with Crippen LogP contribution in [-0.4, -0.2) is 44.2 Å². The van der Waals surface area contributed by atoms with Crippen molar-refractivity contribution in [1.29, 1.82) is 0 Å². The van der Waals surface area contributed by atoms with Crippen molar-refractivity contribution >= 4 is 5.91 Å². The molecule has 2 saturated heterocycles. The summed E-state index contributed by atoms with van der Waals surface area (Å²) in [6.45, 7) is 2.61. The lowest BCUT2D eigenvalue weighted by molar-refractivity contribution is -0.136. The molecule has 108 valence electrons. The van der Waals surface area contributed by atoms with E-state index in [1.807, 2.05) is 11.0 Å². The van der Waals surface area contributed by atoms with Crippen molar-refractivity contribution in [3.8, 4) is 0 Å². The number of carbonyl (C=O) groups is 1. The average molecular weight is 278 g/mol. The Bertz CT molecular complexity index is 508. The highest BCUT2D eigenvalue weighted by Gasteiger charge is 2.46. The fourth-order valence-electron chi connectivity index (χ4n) is 3.50. The quantitative estimate of drug-likeness (QED) is 0.903. The van der Waals surface area contributed by atoms with E-state index in [1.54, 1.807) is 12.1 Å². The number of carbonyl (C=O) groups excluding carboxylic acids is 1. The molecule has 0 unspecified atom stereocenters. The SMILES string of the molecule is COCC(=O)N1C[C@H]2CNC[C@H]2[C@@H]1c1cccc(F)c1. The number of methoxy groups -OCH3 is 1. The minimum Gasteiger partial charge on any atom is -0.375 e. The Labute approximate surface area is 117 Å². The molecular weight excluding hydrogens is 259 g/mol. The Morgan fingerprint density at radius 2 is 2.35 bits per heavy atom. The summed E-state index contributed by atoms with van der Waals surface area (Å²) in [5.74, 6) is 0.536. The molecule has 0 radical (unpaired) electrons. The molecule has 2 heterocycles. The van der Waals surface area contributed by atoms with Crippen LogP contribution in [0.25, 0.3) is 0 Å². The van der Waals surface area contributed by atoms with Gasteiger partial charge in [-0.2, -0.15) is 0 Å². The minimum absolute atomic E-state index is 0.0174. The van der Waals surface area contributed by atoms with E-state index < -0.39 is 0 Å². The molecule has 1 N–H and O–H groups in total. The predicted molar refractivity (Wildman–Crippen MR) is 72.6 cm³/mol. The Hall–Kier alpha value is -1.46. The molecule has 5 heteroatoms. The second-order valence-corrected chi connectivity index (χ2v) is 5.56. The first-order chi connectivity index (χ1) is 9.70. The number of fused-ring (bicyclic) bond motifs is 1. The van der Waals surface area contributed by atoms with Crippen molar-refractivity contribution in [2.24, 2.45) is 11.8 Å². The zero-order valence-corrected chi connectivity index (χ0v) is 11.5. The second-order valence-electron chi connectivity index (χ2n) is 5.56. The standard InChI is InChI=1S/C15H19FN2O2/c1-20-9-14(19)18-8-11-6-17-7-13(11)15(18)10-3-2-4-12(16)5-10/h2-5,11,13,15,17H,6-9H2,1H3/t11-,13-,15+/m1/s1. The summed E-state index contributed by atoms with van der Waals surface area (Å²) in [5.41, 5.74) is 0.880. The fourth-order valence-corrected chi connectivity index (χ4v) is 3.50. The number of ether oxygens (including phenoxy) is 1. The molecule has 0 aliphatic carbocycles. The normalized spacial score (nSPS) is 28.7. The van der Waals surface area contributed by atoms with Crippen LogP contribution in [0.3, 0.4) is 0 Å². The maximum absolute atomic E-state index is 13.5. The van der Waals surface area contributed by atoms with Crippen LogP contribution < -0.4 is 5.32 Å². The number of amides is 1. The summed E-state index contributed by atoms with van der Waals surface area (Å²) in [6, 6.07) is 6.54. The van der Waals surface area contributed by atoms with Gasteiger partial charge in [0.05, 0.1) is 6.04 Å². The van der Waals surface area contributed by atoms with Gasteiger partial charge in [0.1, 0.15) is 12.4 Å². The van der Waals surface area contributed by atoms with Crippen molar-refractivity contribution in [3.63, 3.8) is 0 Å². The molecule has 0 bridgehead atoms. The van der Waals surface area contributed by atoms with Crippen molar-refractivity contribution in [3.05, 3.63) is 35.6 Å². The largest absolute Gasteiger partial charge is 0.375 e. The Kier molecular flexibility index (Phi) is 3.72. The van der Waals surface area contributed by atoms with Crippen LogP contribution in [0.1, 0.15) is 11.6 Å². The van der Waals surface area contributed by atoms with Gasteiger partial charge in [0.15, 0.2) is 0 Å². The van der Waals surface area contributed by atoms with Gasteiger partial charge >= 0.3 is 0 Å². The van der Waals surface area contributed by atoms with Gasteiger partial charge in [0, 0.05) is 32.7 Å². The molecular formula is C15H19FN2O2. The molecule has 0 aromatic heterocycles. The maximum Gasteiger partial charge on any atom is 0.249 e. The molecule has 2 aliphatic heterocycles. The smallest absolute Gasteiger partial charge is 0.249 e. The molecule has 0 spiro atoms. The highest BCUT2D eigenvalue weighted by molar-refractivity contribution is 5.78. The van der Waals surface area contributed by atoms with Gasteiger partial charge in [0.25, 0.3) is 0 Å². The van der Waals surface area contributed by atoms with Crippen molar-refractivity contribution < 1.29 is 13.9 Å². The summed E-state index contributed by atoms with van der Waals surface area (Å²) in [5, 5.41) is 3.37. The maximum atomic E-state index is 13.5. The molecule has 1 aromatic carbocycles. The van der Waals surface area contributed by atoms with Crippen molar-refractivity contribution in [2.75, 3.05) is 33.4 Å². The highest BCUT2D eigenvalue weighted by Crippen LogP contribution is 2.42. The van der Waals surface area contributed by atoms with Gasteiger partial charge in [-0.3, -0.25) is 4.79 Å². The molecule has 1 aromatic rings. The molecule has 0 saturated carbocycles. The number of rotatable bonds is 3. The van der Waals surface area contributed by atoms with E-state index in [1.165, 1.54) is 13.2 Å². The zero-order chi connectivity index (χ0) is 14.1. The first kappa shape index (κ1) is 13.5. The molecule has 20 heavy (non-hydrogen) atoms. The van der Waals surface area contributed by atoms with E-state index in [2.05, 4.69) is 5.32 Å². The fraction of sp³-hybridized carbons (Fsp3) is 0.533. The van der Waals surface area contributed by atoms with E-state index in [0.29, 0.717) is 11.8 Å². The van der Waals surface area contributed by atoms with E-state index in [0.717, 1.165) is 25.2 Å². The molecule has 4 nitrogen and oxygen atoms in total. The third-order valence-electron chi connectivity index (χ3n) is 4.34. The van der Waals surface area contributed by atoms with Crippen LogP contribution in [0.2, 0.25) is 0 Å². The molecule has 2 aliphatic rings. The number of hydrogen-bond donors (Lipinski definition) is 1. The van der Waals surface area contributed by atoms with Crippen LogP contribution in [0, 0.1) is 17.7 Å². The number of nitrogens with one attached hydrogen (secondary N) is 1. The van der Waals surface area contributed by atoms with Crippen molar-refractivity contribution in [1.82, 2.24) is 10.2 Å². The second kappa shape index (κ2) is 5.50. The third kappa shape index (κ3) is 2.31. The zero-order valence-electron chi connectivity index (χ0n) is 11.5. The number of halogens is 1. The van der Waals surface area contributed by atoms with Gasteiger partial charge in [0.2, 0.25) is 5.91 Å². The minimum atomic E-state index is -0.254. The van der Waals surface area contributed by atoms with E-state index >= 15 is 0 Å². The molecule has 1 amide bonds. The first-order valence-corrected chi connectivity index (χ1v) is 6.95. The Balaban J connectivity index is 1.92. The van der Waals surface area contributed by atoms with Crippen molar-refractivity contribution in [2.45, 2.75) is 6.04 Å². The number of likely N-dealkylation sites (tertiary alicyclic amines) is 1. The third-order valence-corrected chi connectivity index (χ3v) is 4.34.